The van der Waals surface area contributed by atoms with Crippen molar-refractivity contribution in [2.24, 2.45) is 10.9 Å². The minimum absolute atomic E-state index is 0. The third-order valence-electron chi connectivity index (χ3n) is 4.13. The van der Waals surface area contributed by atoms with Gasteiger partial charge in [-0.1, -0.05) is 0 Å². The van der Waals surface area contributed by atoms with Crippen LogP contribution in [0.2, 0.25) is 0 Å². The summed E-state index contributed by atoms with van der Waals surface area (Å²) in [4.78, 5) is 6.80. The normalized spacial score (nSPS) is 17.5. The SMILES string of the molecule is CCNC(=NCCc1cc(F)ccc1F)N1CCC(COCC)C1.I. The number of hydrogen-bond donors (Lipinski definition) is 1. The van der Waals surface area contributed by atoms with Crippen LogP contribution in [0.5, 0.6) is 0 Å². The summed E-state index contributed by atoms with van der Waals surface area (Å²) in [5.74, 6) is 0.568. The average molecular weight is 467 g/mol. The molecule has 2 rings (SSSR count). The zero-order chi connectivity index (χ0) is 17.4. The van der Waals surface area contributed by atoms with Crippen LogP contribution in [0.4, 0.5) is 8.78 Å². The molecule has 0 radical (unpaired) electrons. The maximum Gasteiger partial charge on any atom is 0.193 e. The van der Waals surface area contributed by atoms with Crippen molar-refractivity contribution in [1.82, 2.24) is 10.2 Å². The first kappa shape index (κ1) is 22.1. The van der Waals surface area contributed by atoms with Gasteiger partial charge in [0.1, 0.15) is 11.6 Å². The molecule has 0 amide bonds. The molecule has 1 saturated heterocycles. The zero-order valence-corrected chi connectivity index (χ0v) is 17.3. The van der Waals surface area contributed by atoms with Gasteiger partial charge in [-0.05, 0) is 50.5 Å². The fourth-order valence-electron chi connectivity index (χ4n) is 2.89. The Morgan fingerprint density at radius 3 is 2.88 bits per heavy atom. The Balaban J connectivity index is 0.00000312. The van der Waals surface area contributed by atoms with Gasteiger partial charge in [0.05, 0.1) is 6.61 Å². The third kappa shape index (κ3) is 7.05. The maximum absolute atomic E-state index is 13.7. The number of rotatable bonds is 7. The van der Waals surface area contributed by atoms with Crippen LogP contribution >= 0.6 is 24.0 Å². The van der Waals surface area contributed by atoms with Gasteiger partial charge < -0.3 is 15.0 Å². The minimum atomic E-state index is -0.416. The van der Waals surface area contributed by atoms with Crippen LogP contribution in [0.1, 0.15) is 25.8 Å². The van der Waals surface area contributed by atoms with Crippen molar-refractivity contribution >= 4 is 29.9 Å². The Labute approximate surface area is 166 Å². The van der Waals surface area contributed by atoms with Gasteiger partial charge in [-0.2, -0.15) is 0 Å². The lowest BCUT2D eigenvalue weighted by Gasteiger charge is -2.21. The lowest BCUT2D eigenvalue weighted by molar-refractivity contribution is 0.114. The molecule has 1 fully saturated rings. The predicted octanol–water partition coefficient (Wildman–Crippen LogP) is 3.45. The van der Waals surface area contributed by atoms with E-state index < -0.39 is 5.82 Å². The first-order valence-electron chi connectivity index (χ1n) is 8.69. The number of aliphatic imine (C=N–C) groups is 1. The highest BCUT2D eigenvalue weighted by molar-refractivity contribution is 14.0. The molecule has 0 saturated carbocycles. The maximum atomic E-state index is 13.7. The minimum Gasteiger partial charge on any atom is -0.381 e. The van der Waals surface area contributed by atoms with E-state index in [1.807, 2.05) is 13.8 Å². The largest absolute Gasteiger partial charge is 0.381 e. The van der Waals surface area contributed by atoms with Crippen molar-refractivity contribution in [2.75, 3.05) is 39.4 Å². The summed E-state index contributed by atoms with van der Waals surface area (Å²) in [6, 6.07) is 3.54. The van der Waals surface area contributed by atoms with Crippen molar-refractivity contribution in [3.63, 3.8) is 0 Å². The molecule has 142 valence electrons. The van der Waals surface area contributed by atoms with E-state index in [4.69, 9.17) is 4.74 Å². The molecule has 1 aromatic rings. The van der Waals surface area contributed by atoms with Gasteiger partial charge in [-0.15, -0.1) is 24.0 Å². The third-order valence-corrected chi connectivity index (χ3v) is 4.13. The number of halogens is 3. The van der Waals surface area contributed by atoms with E-state index in [0.29, 0.717) is 24.4 Å². The summed E-state index contributed by atoms with van der Waals surface area (Å²) in [7, 11) is 0. The predicted molar refractivity (Wildman–Crippen MR) is 108 cm³/mol. The van der Waals surface area contributed by atoms with Gasteiger partial charge >= 0.3 is 0 Å². The van der Waals surface area contributed by atoms with E-state index in [2.05, 4.69) is 15.2 Å². The second-order valence-electron chi connectivity index (χ2n) is 5.98. The Hall–Kier alpha value is -0.960. The summed E-state index contributed by atoms with van der Waals surface area (Å²) in [6.45, 7) is 8.61. The molecule has 1 heterocycles. The van der Waals surface area contributed by atoms with E-state index >= 15 is 0 Å². The van der Waals surface area contributed by atoms with E-state index in [1.54, 1.807) is 0 Å². The summed E-state index contributed by atoms with van der Waals surface area (Å²) in [5, 5.41) is 3.28. The van der Waals surface area contributed by atoms with Crippen molar-refractivity contribution in [1.29, 1.82) is 0 Å². The van der Waals surface area contributed by atoms with E-state index in [0.717, 1.165) is 51.3 Å². The number of benzene rings is 1. The smallest absolute Gasteiger partial charge is 0.193 e. The Morgan fingerprint density at radius 2 is 2.16 bits per heavy atom. The highest BCUT2D eigenvalue weighted by Gasteiger charge is 2.24. The van der Waals surface area contributed by atoms with Crippen LogP contribution in [0.15, 0.2) is 23.2 Å². The number of hydrogen-bond acceptors (Lipinski definition) is 2. The molecule has 0 aliphatic carbocycles. The molecular formula is C18H28F2IN3O. The van der Waals surface area contributed by atoms with Crippen LogP contribution in [0.3, 0.4) is 0 Å². The van der Waals surface area contributed by atoms with Gasteiger partial charge in [0.2, 0.25) is 0 Å². The fraction of sp³-hybridized carbons (Fsp3) is 0.611. The van der Waals surface area contributed by atoms with Crippen LogP contribution in [0.25, 0.3) is 0 Å². The summed E-state index contributed by atoms with van der Waals surface area (Å²) in [5.41, 5.74) is 0.366. The van der Waals surface area contributed by atoms with E-state index in [1.165, 1.54) is 12.1 Å². The topological polar surface area (TPSA) is 36.9 Å². The van der Waals surface area contributed by atoms with Crippen molar-refractivity contribution in [3.05, 3.63) is 35.4 Å². The molecule has 1 aliphatic heterocycles. The second kappa shape index (κ2) is 11.6. The molecule has 1 unspecified atom stereocenters. The van der Waals surface area contributed by atoms with Crippen LogP contribution in [-0.4, -0.2) is 50.3 Å². The quantitative estimate of drug-likeness (QED) is 0.379. The fourth-order valence-corrected chi connectivity index (χ4v) is 2.89. The Kier molecular flexibility index (Phi) is 10.3. The summed E-state index contributed by atoms with van der Waals surface area (Å²) >= 11 is 0. The molecule has 1 aliphatic rings. The molecule has 0 spiro atoms. The van der Waals surface area contributed by atoms with Crippen LogP contribution in [0, 0.1) is 17.6 Å². The van der Waals surface area contributed by atoms with Gasteiger partial charge in [-0.25, -0.2) is 8.78 Å². The van der Waals surface area contributed by atoms with Gasteiger partial charge in [0.25, 0.3) is 0 Å². The van der Waals surface area contributed by atoms with Crippen LogP contribution in [-0.2, 0) is 11.2 Å². The summed E-state index contributed by atoms with van der Waals surface area (Å²) < 4.78 is 32.4. The number of nitrogens with one attached hydrogen (secondary N) is 1. The molecule has 0 aromatic heterocycles. The summed E-state index contributed by atoms with van der Waals surface area (Å²) in [6.07, 6.45) is 1.47. The first-order chi connectivity index (χ1) is 11.6. The number of nitrogens with zero attached hydrogens (tertiary/aromatic N) is 2. The molecule has 1 N–H and O–H groups in total. The van der Waals surface area contributed by atoms with Gasteiger partial charge in [0.15, 0.2) is 5.96 Å². The molecule has 0 bridgehead atoms. The molecule has 25 heavy (non-hydrogen) atoms. The number of guanidine groups is 1. The van der Waals surface area contributed by atoms with Crippen molar-refractivity contribution in [3.8, 4) is 0 Å². The monoisotopic (exact) mass is 467 g/mol. The van der Waals surface area contributed by atoms with Crippen molar-refractivity contribution < 1.29 is 13.5 Å². The second-order valence-corrected chi connectivity index (χ2v) is 5.98. The van der Waals surface area contributed by atoms with E-state index in [9.17, 15) is 8.78 Å². The lowest BCUT2D eigenvalue weighted by atomic mass is 10.1. The first-order valence-corrected chi connectivity index (χ1v) is 8.69. The molecular weight excluding hydrogens is 439 g/mol. The highest BCUT2D eigenvalue weighted by atomic mass is 127. The highest BCUT2D eigenvalue weighted by Crippen LogP contribution is 2.17. The Bertz CT molecular complexity index is 557. The lowest BCUT2D eigenvalue weighted by Crippen LogP contribution is -2.40. The molecule has 1 atom stereocenters. The standard InChI is InChI=1S/C18H27F2N3O.HI/c1-3-21-18(23-10-8-14(12-23)13-24-4-2)22-9-7-15-11-16(19)5-6-17(15)20;/h5-6,11,14H,3-4,7-10,12-13H2,1-2H3,(H,21,22);1H. The zero-order valence-electron chi connectivity index (χ0n) is 14.9. The Morgan fingerprint density at radius 1 is 1.36 bits per heavy atom. The van der Waals surface area contributed by atoms with Crippen LogP contribution < -0.4 is 5.32 Å². The molecule has 1 aromatic carbocycles. The molecule has 4 nitrogen and oxygen atoms in total. The number of ether oxygens (including phenoxy) is 1. The van der Waals surface area contributed by atoms with E-state index in [-0.39, 0.29) is 29.8 Å². The average Bonchev–Trinajstić information content (AvgIpc) is 3.04. The number of likely N-dealkylation sites (tertiary alicyclic amines) is 1. The van der Waals surface area contributed by atoms with Crippen molar-refractivity contribution in [2.45, 2.75) is 26.7 Å². The molecule has 7 heteroatoms. The van der Waals surface area contributed by atoms with Gasteiger partial charge in [-0.3, -0.25) is 4.99 Å². The van der Waals surface area contributed by atoms with Gasteiger partial charge in [0, 0.05) is 38.7 Å².